The van der Waals surface area contributed by atoms with E-state index in [1.54, 1.807) is 0 Å². The lowest BCUT2D eigenvalue weighted by molar-refractivity contribution is -0.138. The van der Waals surface area contributed by atoms with Crippen molar-refractivity contribution in [3.05, 3.63) is 34.9 Å². The number of aryl methyl sites for hydroxylation is 1. The van der Waals surface area contributed by atoms with Gasteiger partial charge >= 0.3 is 12.1 Å². The van der Waals surface area contributed by atoms with E-state index in [-0.39, 0.29) is 5.56 Å². The maximum Gasteiger partial charge on any atom is 0.416 e. The van der Waals surface area contributed by atoms with Crippen LogP contribution in [0.5, 0.6) is 0 Å². The first-order valence-corrected chi connectivity index (χ1v) is 10.1. The zero-order valence-corrected chi connectivity index (χ0v) is 15.8. The Morgan fingerprint density at radius 2 is 1.70 bits per heavy atom. The standard InChI is InChI=1S/C22H27F3O2/c1-27-20(26)18-5-4-17(19(10-18)22(23,24)25)3-2-6-21-11-14-7-15(12-21)9-16(8-14)13-21/h4-5,10,14-16H,2-3,6-9,11-13H2,1H3. The molecule has 4 bridgehead atoms. The van der Waals surface area contributed by atoms with E-state index < -0.39 is 17.7 Å². The molecule has 1 aromatic carbocycles. The van der Waals surface area contributed by atoms with Gasteiger partial charge < -0.3 is 4.74 Å². The van der Waals surface area contributed by atoms with E-state index in [2.05, 4.69) is 4.74 Å². The molecule has 0 aromatic heterocycles. The van der Waals surface area contributed by atoms with Crippen LogP contribution in [0.4, 0.5) is 13.2 Å². The van der Waals surface area contributed by atoms with Crippen LogP contribution in [0.3, 0.4) is 0 Å². The van der Waals surface area contributed by atoms with Gasteiger partial charge in [0.1, 0.15) is 0 Å². The predicted molar refractivity (Wildman–Crippen MR) is 96.3 cm³/mol. The Kier molecular flexibility index (Phi) is 4.76. The number of carbonyl (C=O) groups excluding carboxylic acids is 1. The van der Waals surface area contributed by atoms with Gasteiger partial charge in [-0.25, -0.2) is 4.79 Å². The molecule has 0 saturated heterocycles. The zero-order valence-electron chi connectivity index (χ0n) is 15.8. The van der Waals surface area contributed by atoms with Crippen molar-refractivity contribution in [3.63, 3.8) is 0 Å². The van der Waals surface area contributed by atoms with E-state index in [4.69, 9.17) is 0 Å². The van der Waals surface area contributed by atoms with E-state index in [1.165, 1.54) is 57.8 Å². The molecule has 27 heavy (non-hydrogen) atoms. The Balaban J connectivity index is 1.46. The summed E-state index contributed by atoms with van der Waals surface area (Å²) in [6.07, 6.45) is 5.77. The van der Waals surface area contributed by atoms with Crippen LogP contribution in [-0.2, 0) is 17.3 Å². The lowest BCUT2D eigenvalue weighted by Crippen LogP contribution is -2.45. The molecule has 4 aliphatic rings. The molecule has 0 amide bonds. The van der Waals surface area contributed by atoms with Crippen molar-refractivity contribution in [1.82, 2.24) is 0 Å². The number of hydrogen-bond acceptors (Lipinski definition) is 2. The second kappa shape index (κ2) is 6.82. The van der Waals surface area contributed by atoms with Crippen molar-refractivity contribution < 1.29 is 22.7 Å². The van der Waals surface area contributed by atoms with Gasteiger partial charge in [-0.2, -0.15) is 13.2 Å². The summed E-state index contributed by atoms with van der Waals surface area (Å²) in [7, 11) is 1.18. The van der Waals surface area contributed by atoms with Crippen LogP contribution in [0.15, 0.2) is 18.2 Å². The molecular formula is C22H27F3O2. The van der Waals surface area contributed by atoms with Gasteiger partial charge in [0.2, 0.25) is 0 Å². The second-order valence-corrected chi connectivity index (χ2v) is 9.13. The van der Waals surface area contributed by atoms with Gasteiger partial charge in [-0.15, -0.1) is 0 Å². The predicted octanol–water partition coefficient (Wildman–Crippen LogP) is 6.03. The summed E-state index contributed by atoms with van der Waals surface area (Å²) >= 11 is 0. The fourth-order valence-corrected chi connectivity index (χ4v) is 6.55. The number of esters is 1. The molecule has 4 aliphatic carbocycles. The fraction of sp³-hybridized carbons (Fsp3) is 0.682. The van der Waals surface area contributed by atoms with Gasteiger partial charge in [0.25, 0.3) is 0 Å². The van der Waals surface area contributed by atoms with Crippen molar-refractivity contribution in [2.45, 2.75) is 64.0 Å². The molecule has 0 atom stereocenters. The van der Waals surface area contributed by atoms with Crippen LogP contribution in [0.2, 0.25) is 0 Å². The van der Waals surface area contributed by atoms with E-state index in [9.17, 15) is 18.0 Å². The van der Waals surface area contributed by atoms with Crippen LogP contribution in [0.1, 0.15) is 72.9 Å². The third kappa shape index (κ3) is 3.74. The number of benzene rings is 1. The van der Waals surface area contributed by atoms with Gasteiger partial charge in [-0.05, 0) is 98.7 Å². The van der Waals surface area contributed by atoms with E-state index >= 15 is 0 Å². The number of carbonyl (C=O) groups is 1. The highest BCUT2D eigenvalue weighted by Gasteiger charge is 2.50. The SMILES string of the molecule is COC(=O)c1ccc(CCCC23CC4CC(CC(C4)C2)C3)c(C(F)(F)F)c1. The molecule has 4 saturated carbocycles. The van der Waals surface area contributed by atoms with E-state index in [0.29, 0.717) is 17.4 Å². The molecule has 5 heteroatoms. The van der Waals surface area contributed by atoms with Crippen molar-refractivity contribution in [3.8, 4) is 0 Å². The molecule has 0 unspecified atom stereocenters. The molecule has 0 radical (unpaired) electrons. The average molecular weight is 380 g/mol. The molecule has 0 heterocycles. The Labute approximate surface area is 158 Å². The van der Waals surface area contributed by atoms with E-state index in [0.717, 1.165) is 36.7 Å². The molecular weight excluding hydrogens is 353 g/mol. The largest absolute Gasteiger partial charge is 0.465 e. The van der Waals surface area contributed by atoms with Crippen molar-refractivity contribution in [2.75, 3.05) is 7.11 Å². The quantitative estimate of drug-likeness (QED) is 0.583. The number of rotatable bonds is 5. The maximum absolute atomic E-state index is 13.5. The first kappa shape index (κ1) is 18.8. The molecule has 148 valence electrons. The maximum atomic E-state index is 13.5. The van der Waals surface area contributed by atoms with Gasteiger partial charge in [0.15, 0.2) is 0 Å². The van der Waals surface area contributed by atoms with Crippen molar-refractivity contribution >= 4 is 5.97 Å². The Hall–Kier alpha value is -1.52. The number of methoxy groups -OCH3 is 1. The Morgan fingerprint density at radius 1 is 1.11 bits per heavy atom. The van der Waals surface area contributed by atoms with Crippen LogP contribution in [0, 0.1) is 23.2 Å². The highest BCUT2D eigenvalue weighted by atomic mass is 19.4. The Morgan fingerprint density at radius 3 is 2.22 bits per heavy atom. The van der Waals surface area contributed by atoms with Crippen LogP contribution in [0.25, 0.3) is 0 Å². The molecule has 2 nitrogen and oxygen atoms in total. The lowest BCUT2D eigenvalue weighted by atomic mass is 9.48. The van der Waals surface area contributed by atoms with Crippen LogP contribution < -0.4 is 0 Å². The molecule has 1 aromatic rings. The number of hydrogen-bond donors (Lipinski definition) is 0. The number of halogens is 3. The summed E-state index contributed by atoms with van der Waals surface area (Å²) in [6, 6.07) is 3.84. The smallest absolute Gasteiger partial charge is 0.416 e. The topological polar surface area (TPSA) is 26.3 Å². The van der Waals surface area contributed by atoms with Gasteiger partial charge in [0.05, 0.1) is 18.2 Å². The molecule has 0 N–H and O–H groups in total. The summed E-state index contributed by atoms with van der Waals surface area (Å²) in [4.78, 5) is 11.6. The molecule has 5 rings (SSSR count). The fourth-order valence-electron chi connectivity index (χ4n) is 6.55. The third-order valence-electron chi connectivity index (χ3n) is 7.15. The number of alkyl halides is 3. The van der Waals surface area contributed by atoms with Crippen molar-refractivity contribution in [2.24, 2.45) is 23.2 Å². The minimum Gasteiger partial charge on any atom is -0.465 e. The zero-order chi connectivity index (χ0) is 19.2. The normalized spacial score (nSPS) is 31.9. The van der Waals surface area contributed by atoms with Gasteiger partial charge in [-0.3, -0.25) is 0 Å². The summed E-state index contributed by atoms with van der Waals surface area (Å²) in [6.45, 7) is 0. The monoisotopic (exact) mass is 380 g/mol. The minimum atomic E-state index is -4.46. The van der Waals surface area contributed by atoms with E-state index in [1.807, 2.05) is 0 Å². The minimum absolute atomic E-state index is 0.0466. The molecule has 0 spiro atoms. The van der Waals surface area contributed by atoms with Crippen molar-refractivity contribution in [1.29, 1.82) is 0 Å². The third-order valence-corrected chi connectivity index (χ3v) is 7.15. The second-order valence-electron chi connectivity index (χ2n) is 9.13. The summed E-state index contributed by atoms with van der Waals surface area (Å²) in [5.74, 6) is 1.85. The number of ether oxygens (including phenoxy) is 1. The highest BCUT2D eigenvalue weighted by Crippen LogP contribution is 2.61. The van der Waals surface area contributed by atoms with Gasteiger partial charge in [0, 0.05) is 0 Å². The Bertz CT molecular complexity index is 687. The summed E-state index contributed by atoms with van der Waals surface area (Å²) < 4.78 is 45.0. The summed E-state index contributed by atoms with van der Waals surface area (Å²) in [5, 5.41) is 0. The highest BCUT2D eigenvalue weighted by molar-refractivity contribution is 5.89. The molecule has 4 fully saturated rings. The molecule has 0 aliphatic heterocycles. The first-order valence-electron chi connectivity index (χ1n) is 10.1. The lowest BCUT2D eigenvalue weighted by Gasteiger charge is -2.57. The summed E-state index contributed by atoms with van der Waals surface area (Å²) in [5.41, 5.74) is -0.0653. The van der Waals surface area contributed by atoms with Gasteiger partial charge in [-0.1, -0.05) is 6.07 Å². The first-order chi connectivity index (χ1) is 12.8. The van der Waals surface area contributed by atoms with Crippen LogP contribution >= 0.6 is 0 Å². The van der Waals surface area contributed by atoms with Crippen LogP contribution in [-0.4, -0.2) is 13.1 Å². The average Bonchev–Trinajstić information content (AvgIpc) is 2.59.